The summed E-state index contributed by atoms with van der Waals surface area (Å²) in [4.78, 5) is 24.5. The minimum atomic E-state index is -0.250. The van der Waals surface area contributed by atoms with Crippen LogP contribution in [0.4, 0.5) is 10.7 Å². The molecular formula is C13H19N3O2S. The van der Waals surface area contributed by atoms with E-state index in [1.807, 2.05) is 13.8 Å². The average Bonchev–Trinajstić information content (AvgIpc) is 3.12. The molecule has 0 bridgehead atoms. The van der Waals surface area contributed by atoms with Crippen LogP contribution in [0.1, 0.15) is 46.7 Å². The van der Waals surface area contributed by atoms with E-state index in [-0.39, 0.29) is 17.6 Å². The molecule has 1 aliphatic rings. The summed E-state index contributed by atoms with van der Waals surface area (Å²) in [5.74, 6) is -0.400. The van der Waals surface area contributed by atoms with Gasteiger partial charge < -0.3 is 16.4 Å². The lowest BCUT2D eigenvalue weighted by Crippen LogP contribution is -2.20. The monoisotopic (exact) mass is 281 g/mol. The molecule has 5 nitrogen and oxygen atoms in total. The first-order valence-electron chi connectivity index (χ1n) is 6.40. The van der Waals surface area contributed by atoms with Crippen molar-refractivity contribution in [1.29, 1.82) is 0 Å². The van der Waals surface area contributed by atoms with Crippen LogP contribution in [0, 0.1) is 5.92 Å². The van der Waals surface area contributed by atoms with Crippen molar-refractivity contribution >= 4 is 33.7 Å². The number of carbonyl (C=O) groups excluding carboxylic acids is 2. The van der Waals surface area contributed by atoms with Gasteiger partial charge >= 0.3 is 0 Å². The zero-order valence-corrected chi connectivity index (χ0v) is 12.2. The number of ketones is 1. The van der Waals surface area contributed by atoms with E-state index in [1.165, 1.54) is 11.3 Å². The number of nitrogens with two attached hydrogens (primary N) is 1. The summed E-state index contributed by atoms with van der Waals surface area (Å²) in [6.45, 7) is 3.66. The molecular weight excluding hydrogens is 262 g/mol. The molecule has 0 radical (unpaired) electrons. The van der Waals surface area contributed by atoms with Gasteiger partial charge in [0, 0.05) is 19.0 Å². The number of thiophene rings is 1. The number of carbonyl (C=O) groups is 2. The van der Waals surface area contributed by atoms with E-state index < -0.39 is 0 Å². The summed E-state index contributed by atoms with van der Waals surface area (Å²) < 4.78 is 0. The number of anilines is 2. The molecule has 0 aliphatic heterocycles. The highest BCUT2D eigenvalue weighted by molar-refractivity contribution is 7.19. The fourth-order valence-electron chi connectivity index (χ4n) is 1.75. The quantitative estimate of drug-likeness (QED) is 0.722. The Balaban J connectivity index is 2.42. The van der Waals surface area contributed by atoms with Crippen molar-refractivity contribution in [3.8, 4) is 0 Å². The lowest BCUT2D eigenvalue weighted by atomic mass is 10.1. The zero-order chi connectivity index (χ0) is 14.2. The molecule has 0 spiro atoms. The third kappa shape index (κ3) is 2.73. The lowest BCUT2D eigenvalue weighted by molar-refractivity contribution is 0.0944. The molecule has 1 fully saturated rings. The van der Waals surface area contributed by atoms with Crippen LogP contribution in [0.25, 0.3) is 0 Å². The molecule has 1 saturated carbocycles. The summed E-state index contributed by atoms with van der Waals surface area (Å²) >= 11 is 1.29. The highest BCUT2D eigenvalue weighted by Gasteiger charge is 2.29. The van der Waals surface area contributed by atoms with Crippen LogP contribution < -0.4 is 16.4 Å². The third-order valence-electron chi connectivity index (χ3n) is 3.06. The minimum Gasteiger partial charge on any atom is -0.397 e. The summed E-state index contributed by atoms with van der Waals surface area (Å²) in [6, 6.07) is 0.406. The summed E-state index contributed by atoms with van der Waals surface area (Å²) in [5, 5.41) is 6.57. The molecule has 1 aromatic heterocycles. The van der Waals surface area contributed by atoms with Crippen molar-refractivity contribution in [2.24, 2.45) is 5.92 Å². The highest BCUT2D eigenvalue weighted by Crippen LogP contribution is 2.39. The Morgan fingerprint density at radius 1 is 1.37 bits per heavy atom. The van der Waals surface area contributed by atoms with Crippen molar-refractivity contribution < 1.29 is 9.59 Å². The van der Waals surface area contributed by atoms with E-state index in [0.717, 1.165) is 12.8 Å². The number of nitrogens with one attached hydrogen (secondary N) is 2. The van der Waals surface area contributed by atoms with Crippen LogP contribution >= 0.6 is 11.3 Å². The van der Waals surface area contributed by atoms with Crippen LogP contribution in [-0.2, 0) is 0 Å². The molecule has 4 N–H and O–H groups in total. The van der Waals surface area contributed by atoms with Crippen molar-refractivity contribution in [2.45, 2.75) is 32.7 Å². The Bertz CT molecular complexity index is 518. The second-order valence-corrected chi connectivity index (χ2v) is 6.09. The van der Waals surface area contributed by atoms with Gasteiger partial charge in [-0.3, -0.25) is 9.59 Å². The van der Waals surface area contributed by atoms with Gasteiger partial charge in [-0.1, -0.05) is 13.8 Å². The molecule has 1 heterocycles. The SMILES string of the molecule is CNC(=O)c1c(NC2CC2)sc(C(=O)C(C)C)c1N. The largest absolute Gasteiger partial charge is 0.397 e. The van der Waals surface area contributed by atoms with E-state index in [2.05, 4.69) is 10.6 Å². The molecule has 1 amide bonds. The van der Waals surface area contributed by atoms with Gasteiger partial charge in [0.15, 0.2) is 5.78 Å². The van der Waals surface area contributed by atoms with Crippen molar-refractivity contribution in [2.75, 3.05) is 18.1 Å². The first kappa shape index (κ1) is 13.9. The minimum absolute atomic E-state index is 0.0171. The molecule has 0 saturated heterocycles. The molecule has 6 heteroatoms. The smallest absolute Gasteiger partial charge is 0.256 e. The average molecular weight is 281 g/mol. The van der Waals surface area contributed by atoms with Crippen molar-refractivity contribution in [3.63, 3.8) is 0 Å². The third-order valence-corrected chi connectivity index (χ3v) is 4.21. The Kier molecular flexibility index (Phi) is 3.80. The highest BCUT2D eigenvalue weighted by atomic mass is 32.1. The molecule has 1 aliphatic carbocycles. The molecule has 1 aromatic rings. The predicted octanol–water partition coefficient (Wildman–Crippen LogP) is 2.10. The first-order chi connectivity index (χ1) is 8.95. The number of amides is 1. The van der Waals surface area contributed by atoms with Crippen LogP contribution in [0.2, 0.25) is 0 Å². The fraction of sp³-hybridized carbons (Fsp3) is 0.538. The second kappa shape index (κ2) is 5.21. The number of Topliss-reactive ketones (excluding diaryl/α,β-unsaturated/α-hetero) is 1. The lowest BCUT2D eigenvalue weighted by Gasteiger charge is -2.05. The molecule has 0 unspecified atom stereocenters. The van der Waals surface area contributed by atoms with Crippen LogP contribution in [0.3, 0.4) is 0 Å². The summed E-state index contributed by atoms with van der Waals surface area (Å²) in [5.41, 5.74) is 6.71. The van der Waals surface area contributed by atoms with Gasteiger partial charge in [-0.2, -0.15) is 0 Å². The molecule has 2 rings (SSSR count). The molecule has 0 atom stereocenters. The Morgan fingerprint density at radius 2 is 2.00 bits per heavy atom. The normalized spacial score (nSPS) is 14.5. The zero-order valence-electron chi connectivity index (χ0n) is 11.4. The standard InChI is InChI=1S/C13H19N3O2S/c1-6(2)10(17)11-9(14)8(12(18)15-3)13(19-11)16-7-4-5-7/h6-7,16H,4-5,14H2,1-3H3,(H,15,18). The van der Waals surface area contributed by atoms with Gasteiger partial charge in [-0.05, 0) is 12.8 Å². The van der Waals surface area contributed by atoms with Crippen molar-refractivity contribution in [3.05, 3.63) is 10.4 Å². The van der Waals surface area contributed by atoms with E-state index in [0.29, 0.717) is 27.2 Å². The summed E-state index contributed by atoms with van der Waals surface area (Å²) in [6.07, 6.45) is 2.19. The van der Waals surface area contributed by atoms with E-state index in [4.69, 9.17) is 5.73 Å². The van der Waals surface area contributed by atoms with Gasteiger partial charge in [0.05, 0.1) is 16.1 Å². The van der Waals surface area contributed by atoms with Crippen LogP contribution in [-0.4, -0.2) is 24.8 Å². The van der Waals surface area contributed by atoms with Gasteiger partial charge in [0.2, 0.25) is 0 Å². The van der Waals surface area contributed by atoms with Crippen LogP contribution in [0.15, 0.2) is 0 Å². The molecule has 104 valence electrons. The first-order valence-corrected chi connectivity index (χ1v) is 7.22. The van der Waals surface area contributed by atoms with E-state index >= 15 is 0 Å². The Hall–Kier alpha value is -1.56. The Labute approximate surface area is 116 Å². The van der Waals surface area contributed by atoms with Gasteiger partial charge in [0.25, 0.3) is 5.91 Å². The second-order valence-electron chi connectivity index (χ2n) is 5.07. The van der Waals surface area contributed by atoms with Crippen LogP contribution in [0.5, 0.6) is 0 Å². The number of hydrogen-bond donors (Lipinski definition) is 3. The van der Waals surface area contributed by atoms with E-state index in [9.17, 15) is 9.59 Å². The van der Waals surface area contributed by atoms with Gasteiger partial charge in [0.1, 0.15) is 5.00 Å². The summed E-state index contributed by atoms with van der Waals surface area (Å²) in [7, 11) is 1.56. The molecule has 19 heavy (non-hydrogen) atoms. The maximum atomic E-state index is 12.1. The predicted molar refractivity (Wildman–Crippen MR) is 77.9 cm³/mol. The van der Waals surface area contributed by atoms with Gasteiger partial charge in [-0.25, -0.2) is 0 Å². The topological polar surface area (TPSA) is 84.2 Å². The maximum absolute atomic E-state index is 12.1. The number of nitrogen functional groups attached to an aromatic ring is 1. The van der Waals surface area contributed by atoms with E-state index in [1.54, 1.807) is 7.05 Å². The number of rotatable bonds is 5. The molecule has 0 aromatic carbocycles. The Morgan fingerprint density at radius 3 is 2.47 bits per heavy atom. The maximum Gasteiger partial charge on any atom is 0.256 e. The van der Waals surface area contributed by atoms with Crippen molar-refractivity contribution in [1.82, 2.24) is 5.32 Å². The fourth-order valence-corrected chi connectivity index (χ4v) is 3.04. The number of hydrogen-bond acceptors (Lipinski definition) is 5. The van der Waals surface area contributed by atoms with Gasteiger partial charge in [-0.15, -0.1) is 11.3 Å².